The molecule has 19 heavy (non-hydrogen) atoms. The van der Waals surface area contributed by atoms with E-state index < -0.39 is 10.9 Å². The third-order valence-electron chi connectivity index (χ3n) is 3.61. The zero-order chi connectivity index (χ0) is 14.2. The van der Waals surface area contributed by atoms with Crippen LogP contribution in [0, 0.1) is 23.0 Å². The van der Waals surface area contributed by atoms with Crippen LogP contribution < -0.4 is 5.32 Å². The predicted molar refractivity (Wildman–Crippen MR) is 70.6 cm³/mol. The Balaban J connectivity index is 2.35. The van der Waals surface area contributed by atoms with Gasteiger partial charge in [0.15, 0.2) is 0 Å². The molecule has 1 saturated carbocycles. The molecule has 0 aromatic heterocycles. The van der Waals surface area contributed by atoms with Crippen molar-refractivity contribution < 1.29 is 14.8 Å². The minimum Gasteiger partial charge on any atom is -0.478 e. The number of carbonyl (C=O) groups is 1. The quantitative estimate of drug-likeness (QED) is 0.630. The fourth-order valence-corrected chi connectivity index (χ4v) is 2.24. The summed E-state index contributed by atoms with van der Waals surface area (Å²) in [7, 11) is 0. The smallest absolute Gasteiger partial charge is 0.336 e. The maximum Gasteiger partial charge on any atom is 0.336 e. The summed E-state index contributed by atoms with van der Waals surface area (Å²) in [6.45, 7) is 3.73. The van der Waals surface area contributed by atoms with Gasteiger partial charge in [-0.3, -0.25) is 10.1 Å². The normalized spacial score (nSPS) is 20.9. The van der Waals surface area contributed by atoms with Crippen LogP contribution in [0.1, 0.15) is 35.7 Å². The maximum absolute atomic E-state index is 11.0. The SMILES string of the molecule is CCC1CC1Nc1cc(C(=O)O)cc([N+](=O)[O-])c1C. The Kier molecular flexibility index (Phi) is 3.42. The summed E-state index contributed by atoms with van der Waals surface area (Å²) in [4.78, 5) is 21.4. The van der Waals surface area contributed by atoms with Crippen molar-refractivity contribution in [1.29, 1.82) is 0 Å². The van der Waals surface area contributed by atoms with Gasteiger partial charge in [0.25, 0.3) is 5.69 Å². The highest BCUT2D eigenvalue weighted by atomic mass is 16.6. The number of carboxylic acid groups (broad SMARTS) is 1. The minimum absolute atomic E-state index is 0.0616. The Morgan fingerprint density at radius 1 is 1.58 bits per heavy atom. The number of hydrogen-bond acceptors (Lipinski definition) is 4. The van der Waals surface area contributed by atoms with Gasteiger partial charge in [-0.1, -0.05) is 13.3 Å². The van der Waals surface area contributed by atoms with E-state index in [9.17, 15) is 14.9 Å². The average Bonchev–Trinajstić information content (AvgIpc) is 3.09. The predicted octanol–water partition coefficient (Wildman–Crippen LogP) is 2.81. The second-order valence-electron chi connectivity index (χ2n) is 4.89. The van der Waals surface area contributed by atoms with E-state index in [-0.39, 0.29) is 11.3 Å². The van der Waals surface area contributed by atoms with E-state index in [1.54, 1.807) is 6.92 Å². The molecule has 0 bridgehead atoms. The standard InChI is InChI=1S/C13H16N2O4/c1-3-8-4-11(8)14-10-5-9(13(16)17)6-12(7(10)2)15(18)19/h5-6,8,11,14H,3-4H2,1-2H3,(H,16,17). The lowest BCUT2D eigenvalue weighted by Crippen LogP contribution is -2.09. The first-order valence-electron chi connectivity index (χ1n) is 6.23. The van der Waals surface area contributed by atoms with Crippen LogP contribution in [0.2, 0.25) is 0 Å². The van der Waals surface area contributed by atoms with Gasteiger partial charge in [0.2, 0.25) is 0 Å². The molecule has 6 nitrogen and oxygen atoms in total. The van der Waals surface area contributed by atoms with Gasteiger partial charge in [-0.25, -0.2) is 4.79 Å². The molecule has 2 atom stereocenters. The summed E-state index contributed by atoms with van der Waals surface area (Å²) in [5.41, 5.74) is 0.814. The third-order valence-corrected chi connectivity index (χ3v) is 3.61. The van der Waals surface area contributed by atoms with Crippen LogP contribution in [-0.2, 0) is 0 Å². The van der Waals surface area contributed by atoms with E-state index in [1.807, 2.05) is 0 Å². The molecule has 1 aromatic rings. The first-order valence-corrected chi connectivity index (χ1v) is 6.23. The van der Waals surface area contributed by atoms with Crippen molar-refractivity contribution in [3.8, 4) is 0 Å². The first kappa shape index (κ1) is 13.3. The highest BCUT2D eigenvalue weighted by Crippen LogP contribution is 2.38. The van der Waals surface area contributed by atoms with Gasteiger partial charge >= 0.3 is 5.97 Å². The number of carboxylic acids is 1. The van der Waals surface area contributed by atoms with Crippen molar-refractivity contribution in [2.24, 2.45) is 5.92 Å². The van der Waals surface area contributed by atoms with Crippen molar-refractivity contribution >= 4 is 17.3 Å². The number of benzene rings is 1. The maximum atomic E-state index is 11.0. The number of aromatic carboxylic acids is 1. The lowest BCUT2D eigenvalue weighted by molar-refractivity contribution is -0.385. The van der Waals surface area contributed by atoms with E-state index in [4.69, 9.17) is 5.11 Å². The third kappa shape index (κ3) is 2.67. The highest BCUT2D eigenvalue weighted by molar-refractivity contribution is 5.90. The summed E-state index contributed by atoms with van der Waals surface area (Å²) in [5.74, 6) is -0.582. The zero-order valence-electron chi connectivity index (χ0n) is 10.8. The number of nitro benzene ring substituents is 1. The van der Waals surface area contributed by atoms with E-state index in [2.05, 4.69) is 12.2 Å². The van der Waals surface area contributed by atoms with E-state index in [1.165, 1.54) is 6.07 Å². The van der Waals surface area contributed by atoms with Gasteiger partial charge in [-0.05, 0) is 25.3 Å². The molecule has 0 saturated heterocycles. The minimum atomic E-state index is -1.16. The van der Waals surface area contributed by atoms with Gasteiger partial charge in [0.05, 0.1) is 10.5 Å². The molecule has 0 amide bonds. The molecule has 0 radical (unpaired) electrons. The number of rotatable bonds is 5. The van der Waals surface area contributed by atoms with Crippen molar-refractivity contribution in [1.82, 2.24) is 0 Å². The van der Waals surface area contributed by atoms with E-state index in [0.717, 1.165) is 18.9 Å². The monoisotopic (exact) mass is 264 g/mol. The van der Waals surface area contributed by atoms with Crippen LogP contribution in [0.4, 0.5) is 11.4 Å². The van der Waals surface area contributed by atoms with Gasteiger partial charge in [-0.15, -0.1) is 0 Å². The molecular formula is C13H16N2O4. The molecular weight excluding hydrogens is 248 g/mol. The fourth-order valence-electron chi connectivity index (χ4n) is 2.24. The molecule has 2 rings (SSSR count). The Bertz CT molecular complexity index is 542. The van der Waals surface area contributed by atoms with Crippen molar-refractivity contribution in [3.63, 3.8) is 0 Å². The van der Waals surface area contributed by atoms with Crippen molar-refractivity contribution in [3.05, 3.63) is 33.4 Å². The van der Waals surface area contributed by atoms with Crippen molar-refractivity contribution in [2.75, 3.05) is 5.32 Å². The Labute approximate surface area is 110 Å². The number of hydrogen-bond donors (Lipinski definition) is 2. The summed E-state index contributed by atoms with van der Waals surface area (Å²) in [5, 5.41) is 23.2. The number of anilines is 1. The number of nitro groups is 1. The molecule has 6 heteroatoms. The summed E-state index contributed by atoms with van der Waals surface area (Å²) in [6.07, 6.45) is 2.08. The Morgan fingerprint density at radius 3 is 2.74 bits per heavy atom. The van der Waals surface area contributed by atoms with E-state index in [0.29, 0.717) is 23.2 Å². The molecule has 1 aliphatic rings. The fraction of sp³-hybridized carbons (Fsp3) is 0.462. The largest absolute Gasteiger partial charge is 0.478 e. The lowest BCUT2D eigenvalue weighted by Gasteiger charge is -2.10. The molecule has 2 unspecified atom stereocenters. The van der Waals surface area contributed by atoms with Crippen molar-refractivity contribution in [2.45, 2.75) is 32.7 Å². The second-order valence-corrected chi connectivity index (χ2v) is 4.89. The molecule has 0 aliphatic heterocycles. The Morgan fingerprint density at radius 2 is 2.26 bits per heavy atom. The average molecular weight is 264 g/mol. The summed E-state index contributed by atoms with van der Waals surface area (Å²) in [6, 6.07) is 2.87. The van der Waals surface area contributed by atoms with Crippen LogP contribution >= 0.6 is 0 Å². The molecule has 1 aromatic carbocycles. The summed E-state index contributed by atoms with van der Waals surface area (Å²) >= 11 is 0. The molecule has 1 fully saturated rings. The van der Waals surface area contributed by atoms with Gasteiger partial charge in [0.1, 0.15) is 0 Å². The molecule has 102 valence electrons. The van der Waals surface area contributed by atoms with Crippen LogP contribution in [0.3, 0.4) is 0 Å². The van der Waals surface area contributed by atoms with Gasteiger partial charge < -0.3 is 10.4 Å². The molecule has 2 N–H and O–H groups in total. The number of nitrogens with one attached hydrogen (secondary N) is 1. The van der Waals surface area contributed by atoms with Crippen LogP contribution in [0.25, 0.3) is 0 Å². The second kappa shape index (κ2) is 4.87. The highest BCUT2D eigenvalue weighted by Gasteiger charge is 2.36. The van der Waals surface area contributed by atoms with Crippen LogP contribution in [-0.4, -0.2) is 22.0 Å². The molecule has 0 heterocycles. The molecule has 0 spiro atoms. The van der Waals surface area contributed by atoms with Crippen LogP contribution in [0.15, 0.2) is 12.1 Å². The van der Waals surface area contributed by atoms with Gasteiger partial charge in [-0.2, -0.15) is 0 Å². The Hall–Kier alpha value is -2.11. The van der Waals surface area contributed by atoms with Gasteiger partial charge in [0, 0.05) is 23.4 Å². The van der Waals surface area contributed by atoms with E-state index >= 15 is 0 Å². The lowest BCUT2D eigenvalue weighted by atomic mass is 10.1. The zero-order valence-corrected chi connectivity index (χ0v) is 10.8. The first-order chi connectivity index (χ1) is 8.93. The molecule has 1 aliphatic carbocycles. The summed E-state index contributed by atoms with van der Waals surface area (Å²) < 4.78 is 0. The topological polar surface area (TPSA) is 92.5 Å². The number of nitrogens with zero attached hydrogens (tertiary/aromatic N) is 1. The van der Waals surface area contributed by atoms with Crippen LogP contribution in [0.5, 0.6) is 0 Å².